The monoisotopic (exact) mass is 750 g/mol. The SMILES string of the molecule is CC(C)(C)OC(=O)NCC(N)Cc1ccccc1.CC(C)(C)OC(=O)NCC(O)Cc1ccccc1.CC(CNC(=O)OC(C)(C)C)Cc1ccccc1. The number of carbonyl (C=O) groups is 3. The second kappa shape index (κ2) is 23.9. The number of alkyl carbamates (subject to hydrolysis) is 3. The van der Waals surface area contributed by atoms with Crippen molar-refractivity contribution < 1.29 is 33.7 Å². The van der Waals surface area contributed by atoms with Crippen LogP contribution in [0.15, 0.2) is 91.0 Å². The van der Waals surface area contributed by atoms with Crippen molar-refractivity contribution in [2.24, 2.45) is 11.7 Å². The molecule has 54 heavy (non-hydrogen) atoms. The zero-order chi connectivity index (χ0) is 40.8. The van der Waals surface area contributed by atoms with Gasteiger partial charge >= 0.3 is 18.3 Å². The van der Waals surface area contributed by atoms with Gasteiger partial charge in [-0.05, 0) is 97.8 Å². The first-order valence-corrected chi connectivity index (χ1v) is 18.6. The third-order valence-electron chi connectivity index (χ3n) is 6.86. The van der Waals surface area contributed by atoms with E-state index in [4.69, 9.17) is 19.9 Å². The van der Waals surface area contributed by atoms with Crippen LogP contribution in [0.3, 0.4) is 0 Å². The van der Waals surface area contributed by atoms with Gasteiger partial charge in [0.2, 0.25) is 0 Å². The minimum Gasteiger partial charge on any atom is -0.444 e. The average Bonchev–Trinajstić information content (AvgIpc) is 3.05. The highest BCUT2D eigenvalue weighted by Gasteiger charge is 2.18. The van der Waals surface area contributed by atoms with Gasteiger partial charge in [-0.25, -0.2) is 14.4 Å². The third kappa shape index (κ3) is 27.1. The van der Waals surface area contributed by atoms with Crippen molar-refractivity contribution >= 4 is 18.3 Å². The van der Waals surface area contributed by atoms with Crippen LogP contribution in [0.2, 0.25) is 0 Å². The smallest absolute Gasteiger partial charge is 0.407 e. The largest absolute Gasteiger partial charge is 0.444 e. The first-order valence-electron chi connectivity index (χ1n) is 18.6. The van der Waals surface area contributed by atoms with Crippen LogP contribution < -0.4 is 21.7 Å². The summed E-state index contributed by atoms with van der Waals surface area (Å²) < 4.78 is 15.4. The molecule has 0 fully saturated rings. The number of amides is 3. The number of nitrogens with two attached hydrogens (primary N) is 1. The van der Waals surface area contributed by atoms with Crippen LogP contribution in [0.4, 0.5) is 14.4 Å². The topological polar surface area (TPSA) is 161 Å². The summed E-state index contributed by atoms with van der Waals surface area (Å²) in [4.78, 5) is 34.3. The molecule has 0 heterocycles. The standard InChI is InChI=1S/C15H23NO2.C14H22N2O2.C14H21NO3/c1-12(10-13-8-6-5-7-9-13)11-16-14(17)18-15(2,3)4;1-14(2,3)18-13(17)16-10-12(15)9-11-7-5-4-6-8-11;1-14(2,3)18-13(17)15-10-12(16)9-11-7-5-4-6-8-11/h5-9,12H,10-11H2,1-4H3,(H,16,17);4-8,12H,9-10,15H2,1-3H3,(H,16,17);4-8,12,16H,9-10H2,1-3H3,(H,15,17). The number of rotatable bonds is 12. The maximum atomic E-state index is 11.5. The molecule has 300 valence electrons. The van der Waals surface area contributed by atoms with Gasteiger partial charge in [0, 0.05) is 32.1 Å². The third-order valence-corrected chi connectivity index (χ3v) is 6.86. The van der Waals surface area contributed by atoms with Crippen molar-refractivity contribution in [3.8, 4) is 0 Å². The summed E-state index contributed by atoms with van der Waals surface area (Å²) in [5.41, 5.74) is 8.00. The van der Waals surface area contributed by atoms with E-state index >= 15 is 0 Å². The summed E-state index contributed by atoms with van der Waals surface area (Å²) in [6.07, 6.45) is 0.312. The Morgan fingerprint density at radius 3 is 1.22 bits per heavy atom. The summed E-state index contributed by atoms with van der Waals surface area (Å²) in [5.74, 6) is 0.389. The van der Waals surface area contributed by atoms with E-state index in [2.05, 4.69) is 35.0 Å². The molecule has 0 saturated carbocycles. The van der Waals surface area contributed by atoms with Gasteiger partial charge in [-0.1, -0.05) is 97.9 Å². The van der Waals surface area contributed by atoms with Gasteiger partial charge in [0.25, 0.3) is 0 Å². The Balaban J connectivity index is 0.000000405. The van der Waals surface area contributed by atoms with E-state index < -0.39 is 35.1 Å². The Hall–Kier alpha value is -4.61. The molecule has 0 aliphatic carbocycles. The number of hydrogen-bond acceptors (Lipinski definition) is 8. The van der Waals surface area contributed by atoms with E-state index in [1.807, 2.05) is 120 Å². The summed E-state index contributed by atoms with van der Waals surface area (Å²) >= 11 is 0. The van der Waals surface area contributed by atoms with Crippen LogP contribution in [0.1, 0.15) is 85.9 Å². The predicted octanol–water partition coefficient (Wildman–Crippen LogP) is 7.59. The molecule has 0 aromatic heterocycles. The van der Waals surface area contributed by atoms with Crippen molar-refractivity contribution in [1.82, 2.24) is 16.0 Å². The first-order chi connectivity index (χ1) is 25.1. The van der Waals surface area contributed by atoms with Crippen LogP contribution in [0.5, 0.6) is 0 Å². The number of benzene rings is 3. The van der Waals surface area contributed by atoms with Crippen molar-refractivity contribution in [1.29, 1.82) is 0 Å². The summed E-state index contributed by atoms with van der Waals surface area (Å²) in [6, 6.07) is 29.8. The molecule has 0 aliphatic rings. The quantitative estimate of drug-likeness (QED) is 0.118. The Labute approximate surface area is 323 Å². The van der Waals surface area contributed by atoms with Crippen LogP contribution in [0.25, 0.3) is 0 Å². The second-order valence-electron chi connectivity index (χ2n) is 16.2. The molecular formula is C43H66N4O7. The van der Waals surface area contributed by atoms with Crippen molar-refractivity contribution in [2.75, 3.05) is 19.6 Å². The van der Waals surface area contributed by atoms with E-state index in [9.17, 15) is 19.5 Å². The van der Waals surface area contributed by atoms with Gasteiger partial charge in [0.1, 0.15) is 16.8 Å². The molecular weight excluding hydrogens is 684 g/mol. The molecule has 0 saturated heterocycles. The van der Waals surface area contributed by atoms with E-state index in [1.165, 1.54) is 5.56 Å². The fourth-order valence-corrected chi connectivity index (χ4v) is 4.65. The van der Waals surface area contributed by atoms with E-state index in [0.717, 1.165) is 24.0 Å². The van der Waals surface area contributed by atoms with Crippen LogP contribution in [0, 0.1) is 5.92 Å². The average molecular weight is 751 g/mol. The van der Waals surface area contributed by atoms with Crippen LogP contribution >= 0.6 is 0 Å². The van der Waals surface area contributed by atoms with Crippen molar-refractivity contribution in [2.45, 2.75) is 117 Å². The number of aliphatic hydroxyl groups is 1. The highest BCUT2D eigenvalue weighted by molar-refractivity contribution is 5.68. The van der Waals surface area contributed by atoms with Crippen molar-refractivity contribution in [3.63, 3.8) is 0 Å². The van der Waals surface area contributed by atoms with Gasteiger partial charge < -0.3 is 41.0 Å². The molecule has 3 atom stereocenters. The summed E-state index contributed by atoms with van der Waals surface area (Å²) in [7, 11) is 0. The van der Waals surface area contributed by atoms with Gasteiger partial charge in [-0.3, -0.25) is 0 Å². The molecule has 11 nitrogen and oxygen atoms in total. The van der Waals surface area contributed by atoms with Gasteiger partial charge in [0.05, 0.1) is 6.10 Å². The summed E-state index contributed by atoms with van der Waals surface area (Å²) in [6.45, 7) is 19.8. The molecule has 6 N–H and O–H groups in total. The lowest BCUT2D eigenvalue weighted by Crippen LogP contribution is -2.41. The number of carbonyl (C=O) groups excluding carboxylic acids is 3. The van der Waals surface area contributed by atoms with E-state index in [-0.39, 0.29) is 18.7 Å². The number of aliphatic hydroxyl groups excluding tert-OH is 1. The molecule has 3 aromatic rings. The maximum absolute atomic E-state index is 11.5. The molecule has 0 bridgehead atoms. The van der Waals surface area contributed by atoms with Gasteiger partial charge in [-0.2, -0.15) is 0 Å². The van der Waals surface area contributed by atoms with Gasteiger partial charge in [-0.15, -0.1) is 0 Å². The Morgan fingerprint density at radius 2 is 0.852 bits per heavy atom. The highest BCUT2D eigenvalue weighted by Crippen LogP contribution is 2.10. The minimum absolute atomic E-state index is 0.111. The second-order valence-corrected chi connectivity index (χ2v) is 16.2. The maximum Gasteiger partial charge on any atom is 0.407 e. The molecule has 11 heteroatoms. The lowest BCUT2D eigenvalue weighted by Gasteiger charge is -2.20. The van der Waals surface area contributed by atoms with Crippen molar-refractivity contribution in [3.05, 3.63) is 108 Å². The lowest BCUT2D eigenvalue weighted by atomic mass is 10.0. The Morgan fingerprint density at radius 1 is 0.537 bits per heavy atom. The van der Waals surface area contributed by atoms with E-state index in [1.54, 1.807) is 20.8 Å². The van der Waals surface area contributed by atoms with Gasteiger partial charge in [0.15, 0.2) is 0 Å². The molecule has 0 spiro atoms. The fourth-order valence-electron chi connectivity index (χ4n) is 4.65. The Kier molecular flexibility index (Phi) is 21.0. The van der Waals surface area contributed by atoms with E-state index in [0.29, 0.717) is 25.4 Å². The zero-order valence-corrected chi connectivity index (χ0v) is 34.1. The highest BCUT2D eigenvalue weighted by atomic mass is 16.6. The molecule has 0 aliphatic heterocycles. The predicted molar refractivity (Wildman–Crippen MR) is 216 cm³/mol. The molecule has 3 unspecified atom stereocenters. The van der Waals surface area contributed by atoms with Crippen LogP contribution in [-0.4, -0.2) is 72.0 Å². The lowest BCUT2D eigenvalue weighted by molar-refractivity contribution is 0.0487. The minimum atomic E-state index is -0.611. The Bertz CT molecular complexity index is 1290. The first kappa shape index (κ1) is 47.4. The molecule has 3 amide bonds. The normalized spacial score (nSPS) is 12.9. The molecule has 3 rings (SSSR count). The number of hydrogen-bond donors (Lipinski definition) is 5. The number of nitrogens with one attached hydrogen (secondary N) is 3. The number of ether oxygens (including phenoxy) is 3. The molecule has 0 radical (unpaired) electrons. The summed E-state index contributed by atoms with van der Waals surface area (Å²) in [5, 5.41) is 17.8. The van der Waals surface area contributed by atoms with Crippen LogP contribution in [-0.2, 0) is 33.5 Å². The fraction of sp³-hybridized carbons (Fsp3) is 0.512. The zero-order valence-electron chi connectivity index (χ0n) is 34.1. The molecule has 3 aromatic carbocycles.